The molecule has 0 amide bonds. The van der Waals surface area contributed by atoms with Gasteiger partial charge in [0.25, 0.3) is 0 Å². The van der Waals surface area contributed by atoms with E-state index in [4.69, 9.17) is 4.98 Å². The Bertz CT molecular complexity index is 1190. The zero-order valence-electron chi connectivity index (χ0n) is 22.7. The maximum Gasteiger partial charge on any atom is 0.0713 e. The van der Waals surface area contributed by atoms with E-state index in [9.17, 15) is 2.74 Å². The average Bonchev–Trinajstić information content (AvgIpc) is 2.78. The van der Waals surface area contributed by atoms with Crippen molar-refractivity contribution >= 4 is 5.69 Å². The first kappa shape index (κ1) is 22.2. The van der Waals surface area contributed by atoms with Gasteiger partial charge in [0.05, 0.1) is 8.44 Å². The minimum absolute atomic E-state index is 0. The van der Waals surface area contributed by atoms with Crippen LogP contribution in [0.15, 0.2) is 42.5 Å². The molecule has 33 heavy (non-hydrogen) atoms. The van der Waals surface area contributed by atoms with Gasteiger partial charge in [0.15, 0.2) is 0 Å². The van der Waals surface area contributed by atoms with Crippen LogP contribution in [0, 0.1) is 13.8 Å². The van der Waals surface area contributed by atoms with Crippen molar-refractivity contribution in [1.29, 1.82) is 0 Å². The second kappa shape index (κ2) is 10.1. The van der Waals surface area contributed by atoms with Gasteiger partial charge in [0, 0.05) is 35.9 Å². The molecule has 0 N–H and O–H groups in total. The maximum absolute atomic E-state index is 9.33. The van der Waals surface area contributed by atoms with Crippen LogP contribution in [0.5, 0.6) is 0 Å². The monoisotopic (exact) mass is 444 g/mol. The molecule has 0 radical (unpaired) electrons. The van der Waals surface area contributed by atoms with E-state index in [1.807, 2.05) is 11.8 Å². The molecule has 0 saturated heterocycles. The van der Waals surface area contributed by atoms with Gasteiger partial charge in [-0.3, -0.25) is 4.98 Å². The highest BCUT2D eigenvalue weighted by atomic mass is 15.2. The fourth-order valence-corrected chi connectivity index (χ4v) is 4.88. The summed E-state index contributed by atoms with van der Waals surface area (Å²) < 4.78 is 18.7. The minimum atomic E-state index is -1.64. The van der Waals surface area contributed by atoms with Gasteiger partial charge >= 0.3 is 0 Å². The number of nitrogens with zero attached hydrogens (tertiary/aromatic N) is 2. The highest BCUT2D eigenvalue weighted by Crippen LogP contribution is 2.36. The second-order valence-corrected chi connectivity index (χ2v) is 9.54. The molecule has 3 aromatic rings. The summed E-state index contributed by atoms with van der Waals surface area (Å²) in [6.07, 6.45) is 2.64. The summed E-state index contributed by atoms with van der Waals surface area (Å²) in [6.45, 7) is 13.4. The lowest BCUT2D eigenvalue weighted by Crippen LogP contribution is -2.39. The lowest BCUT2D eigenvalue weighted by atomic mass is 9.90. The number of fused-ring (bicyclic) bond motifs is 1. The number of benzene rings is 2. The number of aromatic nitrogens is 1. The van der Waals surface area contributed by atoms with E-state index in [1.165, 1.54) is 22.3 Å². The number of hydrogen-bond donors (Lipinski definition) is 0. The van der Waals surface area contributed by atoms with Crippen LogP contribution in [0.4, 0.5) is 5.69 Å². The van der Waals surface area contributed by atoms with Gasteiger partial charge in [-0.15, -0.1) is 0 Å². The lowest BCUT2D eigenvalue weighted by Gasteiger charge is -2.38. The third kappa shape index (κ3) is 4.71. The van der Waals surface area contributed by atoms with Crippen LogP contribution in [-0.2, 0) is 25.8 Å². The molecular formula is C31H42N2. The molecule has 0 bridgehead atoms. The van der Waals surface area contributed by atoms with Crippen molar-refractivity contribution in [3.63, 3.8) is 0 Å². The highest BCUT2D eigenvalue weighted by Gasteiger charge is 2.27. The van der Waals surface area contributed by atoms with E-state index >= 15 is 0 Å². The number of pyridine rings is 1. The Morgan fingerprint density at radius 2 is 1.70 bits per heavy atom. The first-order valence-corrected chi connectivity index (χ1v) is 12.1. The SMILES string of the molecule is C.[2H]C1([2H])c2c(C)cc(-c3c(CC)cccc3CC)nc2CC(C)N1c1cc(C(C)C)ccc1C. The molecule has 1 aromatic heterocycles. The molecule has 0 spiro atoms. The Labute approximate surface area is 204 Å². The summed E-state index contributed by atoms with van der Waals surface area (Å²) in [5.74, 6) is 0.398. The van der Waals surface area contributed by atoms with Crippen LogP contribution in [0.1, 0.15) is 89.8 Å². The Balaban J connectivity index is 0.00000342. The average molecular weight is 445 g/mol. The first-order chi connectivity index (χ1) is 16.1. The maximum atomic E-state index is 9.33. The van der Waals surface area contributed by atoms with Crippen LogP contribution in [-0.4, -0.2) is 11.0 Å². The zero-order chi connectivity index (χ0) is 24.8. The molecule has 0 fully saturated rings. The van der Waals surface area contributed by atoms with Crippen LogP contribution in [0.25, 0.3) is 11.3 Å². The van der Waals surface area contributed by atoms with Crippen molar-refractivity contribution in [3.05, 3.63) is 81.5 Å². The molecule has 176 valence electrons. The summed E-state index contributed by atoms with van der Waals surface area (Å²) in [4.78, 5) is 7.13. The van der Waals surface area contributed by atoms with Crippen LogP contribution >= 0.6 is 0 Å². The third-order valence-corrected chi connectivity index (χ3v) is 6.87. The number of anilines is 1. The molecule has 2 aromatic carbocycles. The molecular weight excluding hydrogens is 400 g/mol. The van der Waals surface area contributed by atoms with Crippen LogP contribution in [0.2, 0.25) is 0 Å². The van der Waals surface area contributed by atoms with Gasteiger partial charge in [-0.1, -0.05) is 65.5 Å². The molecule has 2 heteroatoms. The summed E-state index contributed by atoms with van der Waals surface area (Å²) in [5.41, 5.74) is 10.8. The fourth-order valence-electron chi connectivity index (χ4n) is 4.88. The van der Waals surface area contributed by atoms with Gasteiger partial charge in [0.1, 0.15) is 0 Å². The van der Waals surface area contributed by atoms with Crippen molar-refractivity contribution in [2.45, 2.75) is 93.6 Å². The van der Waals surface area contributed by atoms with Gasteiger partial charge in [0.2, 0.25) is 0 Å². The Morgan fingerprint density at radius 3 is 2.30 bits per heavy atom. The van der Waals surface area contributed by atoms with Crippen molar-refractivity contribution in [2.24, 2.45) is 0 Å². The van der Waals surface area contributed by atoms with E-state index in [0.717, 1.165) is 53.0 Å². The minimum Gasteiger partial charge on any atom is -0.364 e. The van der Waals surface area contributed by atoms with E-state index in [-0.39, 0.29) is 13.5 Å². The van der Waals surface area contributed by atoms with Crippen molar-refractivity contribution in [2.75, 3.05) is 4.90 Å². The zero-order valence-corrected chi connectivity index (χ0v) is 20.7. The molecule has 2 nitrogen and oxygen atoms in total. The van der Waals surface area contributed by atoms with Crippen molar-refractivity contribution in [1.82, 2.24) is 4.98 Å². The van der Waals surface area contributed by atoms with Gasteiger partial charge in [-0.05, 0) is 85.0 Å². The Hall–Kier alpha value is -2.61. The molecule has 0 saturated carbocycles. The van der Waals surface area contributed by atoms with Crippen LogP contribution in [0.3, 0.4) is 0 Å². The molecule has 1 aliphatic heterocycles. The van der Waals surface area contributed by atoms with Gasteiger partial charge in [-0.2, -0.15) is 0 Å². The predicted molar refractivity (Wildman–Crippen MR) is 145 cm³/mol. The normalized spacial score (nSPS) is 17.8. The number of rotatable bonds is 5. The largest absolute Gasteiger partial charge is 0.364 e. The Kier molecular flexibility index (Phi) is 6.80. The smallest absolute Gasteiger partial charge is 0.0713 e. The number of hydrogen-bond acceptors (Lipinski definition) is 2. The summed E-state index contributed by atoms with van der Waals surface area (Å²) >= 11 is 0. The van der Waals surface area contributed by atoms with Gasteiger partial charge < -0.3 is 4.90 Å². The van der Waals surface area contributed by atoms with E-state index < -0.39 is 6.50 Å². The summed E-state index contributed by atoms with van der Waals surface area (Å²) in [7, 11) is 0. The predicted octanol–water partition coefficient (Wildman–Crippen LogP) is 8.20. The fraction of sp³-hybridized carbons (Fsp3) is 0.452. The van der Waals surface area contributed by atoms with Crippen LogP contribution < -0.4 is 4.90 Å². The van der Waals surface area contributed by atoms with Crippen molar-refractivity contribution < 1.29 is 2.74 Å². The molecule has 1 unspecified atom stereocenters. The first-order valence-electron chi connectivity index (χ1n) is 13.1. The van der Waals surface area contributed by atoms with E-state index in [1.54, 1.807) is 0 Å². The molecule has 0 aliphatic carbocycles. The quantitative estimate of drug-likeness (QED) is 0.394. The Morgan fingerprint density at radius 1 is 1.03 bits per heavy atom. The molecule has 2 heterocycles. The van der Waals surface area contributed by atoms with Gasteiger partial charge in [-0.25, -0.2) is 0 Å². The third-order valence-electron chi connectivity index (χ3n) is 6.87. The highest BCUT2D eigenvalue weighted by molar-refractivity contribution is 5.70. The summed E-state index contributed by atoms with van der Waals surface area (Å²) in [5, 5.41) is 0. The van der Waals surface area contributed by atoms with E-state index in [0.29, 0.717) is 5.92 Å². The molecule has 1 atom stereocenters. The molecule has 1 aliphatic rings. The topological polar surface area (TPSA) is 16.1 Å². The van der Waals surface area contributed by atoms with E-state index in [2.05, 4.69) is 84.0 Å². The standard InChI is InChI=1S/C30H38N2.CH4/c1-8-23-11-10-12-24(9-2)30(23)28-15-21(6)26-18-32(22(7)16-27(26)31-28)29-17-25(19(3)4)14-13-20(29)5;/h10-15,17,19,22H,8-9,16,18H2,1-7H3;1H4/i18D2;. The van der Waals surface area contributed by atoms with Crippen molar-refractivity contribution in [3.8, 4) is 11.3 Å². The number of aryl methyl sites for hydroxylation is 4. The summed E-state index contributed by atoms with van der Waals surface area (Å²) in [6, 6.07) is 15.1. The second-order valence-electron chi connectivity index (χ2n) is 9.54. The molecule has 4 rings (SSSR count). The lowest BCUT2D eigenvalue weighted by molar-refractivity contribution is 0.578.